The molecule has 1 aromatic carbocycles. The number of aryl methyl sites for hydroxylation is 2. The van der Waals surface area contributed by atoms with Crippen molar-refractivity contribution in [3.8, 4) is 0 Å². The molecule has 0 spiro atoms. The van der Waals surface area contributed by atoms with Crippen molar-refractivity contribution in [1.82, 2.24) is 14.9 Å². The van der Waals surface area contributed by atoms with Gasteiger partial charge in [-0.15, -0.1) is 0 Å². The highest BCUT2D eigenvalue weighted by Crippen LogP contribution is 2.26. The van der Waals surface area contributed by atoms with E-state index in [0.29, 0.717) is 5.69 Å². The highest BCUT2D eigenvalue weighted by molar-refractivity contribution is 7.89. The molecule has 8 heteroatoms. The van der Waals surface area contributed by atoms with Crippen molar-refractivity contribution in [3.63, 3.8) is 0 Å². The summed E-state index contributed by atoms with van der Waals surface area (Å²) in [6, 6.07) is 2.90. The van der Waals surface area contributed by atoms with E-state index in [1.807, 2.05) is 6.92 Å². The Morgan fingerprint density at radius 2 is 2.10 bits per heavy atom. The number of nitrogen functional groups attached to an aromatic ring is 1. The Morgan fingerprint density at radius 1 is 1.40 bits per heavy atom. The monoisotopic (exact) mass is 314 g/mol. The first-order valence-electron chi connectivity index (χ1n) is 5.85. The molecule has 0 radical (unpaired) electrons. The molecule has 0 saturated heterocycles. The number of hydrogen-bond acceptors (Lipinski definition) is 4. The summed E-state index contributed by atoms with van der Waals surface area (Å²) in [7, 11) is -3.73. The van der Waals surface area contributed by atoms with E-state index in [1.165, 1.54) is 12.1 Å². The summed E-state index contributed by atoms with van der Waals surface area (Å²) in [5.41, 5.74) is 8.43. The van der Waals surface area contributed by atoms with Gasteiger partial charge < -0.3 is 5.73 Å². The zero-order chi connectivity index (χ0) is 14.9. The van der Waals surface area contributed by atoms with Gasteiger partial charge in [0.25, 0.3) is 0 Å². The Balaban J connectivity index is 2.27. The van der Waals surface area contributed by atoms with Crippen molar-refractivity contribution in [2.24, 2.45) is 0 Å². The molecule has 0 atom stereocenters. The van der Waals surface area contributed by atoms with Crippen molar-refractivity contribution in [3.05, 3.63) is 40.2 Å². The lowest BCUT2D eigenvalue weighted by molar-refractivity contribution is 0.581. The molecule has 0 aliphatic carbocycles. The Kier molecular flexibility index (Phi) is 4.03. The second kappa shape index (κ2) is 5.43. The molecule has 2 aromatic rings. The van der Waals surface area contributed by atoms with Crippen molar-refractivity contribution in [2.75, 3.05) is 5.73 Å². The summed E-state index contributed by atoms with van der Waals surface area (Å²) in [6.07, 6.45) is 1.57. The van der Waals surface area contributed by atoms with Crippen LogP contribution in [0, 0.1) is 13.8 Å². The third-order valence-electron chi connectivity index (χ3n) is 3.00. The van der Waals surface area contributed by atoms with E-state index in [4.69, 9.17) is 17.3 Å². The fourth-order valence-electron chi connectivity index (χ4n) is 1.68. The lowest BCUT2D eigenvalue weighted by Crippen LogP contribution is -2.24. The number of benzene rings is 1. The number of halogens is 1. The predicted octanol–water partition coefficient (Wildman–Crippen LogP) is 1.74. The zero-order valence-corrected chi connectivity index (χ0v) is 12.6. The fourth-order valence-corrected chi connectivity index (χ4v) is 3.30. The van der Waals surface area contributed by atoms with Gasteiger partial charge in [0.2, 0.25) is 10.0 Å². The molecule has 20 heavy (non-hydrogen) atoms. The lowest BCUT2D eigenvalue weighted by Gasteiger charge is -2.10. The first-order valence-corrected chi connectivity index (χ1v) is 7.71. The van der Waals surface area contributed by atoms with Crippen LogP contribution in [0.15, 0.2) is 23.2 Å². The Labute approximate surface area is 122 Å². The molecule has 6 nitrogen and oxygen atoms in total. The van der Waals surface area contributed by atoms with E-state index in [1.54, 1.807) is 13.1 Å². The summed E-state index contributed by atoms with van der Waals surface area (Å²) < 4.78 is 27.0. The first kappa shape index (κ1) is 14.8. The van der Waals surface area contributed by atoms with E-state index in [-0.39, 0.29) is 16.5 Å². The number of nitrogens with two attached hydrogens (primary N) is 1. The molecule has 0 unspecified atom stereocenters. The SMILES string of the molecule is Cc1cc(Cl)c(S(=O)(=O)NCc2cn[nH]c2C)cc1N. The van der Waals surface area contributed by atoms with Gasteiger partial charge in [-0.2, -0.15) is 5.10 Å². The van der Waals surface area contributed by atoms with E-state index in [9.17, 15) is 8.42 Å². The third-order valence-corrected chi connectivity index (χ3v) is 4.86. The van der Waals surface area contributed by atoms with Gasteiger partial charge in [0.05, 0.1) is 11.2 Å². The number of rotatable bonds is 4. The van der Waals surface area contributed by atoms with Crippen LogP contribution in [0.1, 0.15) is 16.8 Å². The largest absolute Gasteiger partial charge is 0.398 e. The minimum atomic E-state index is -3.73. The van der Waals surface area contributed by atoms with Crippen LogP contribution in [-0.2, 0) is 16.6 Å². The van der Waals surface area contributed by atoms with E-state index >= 15 is 0 Å². The Hall–Kier alpha value is -1.57. The standard InChI is InChI=1S/C12H15ClN4O2S/c1-7-3-10(13)12(4-11(7)14)20(18,19)16-6-9-5-15-17-8(9)2/h3-5,16H,6,14H2,1-2H3,(H,15,17). The molecule has 108 valence electrons. The summed E-state index contributed by atoms with van der Waals surface area (Å²) >= 11 is 5.98. The quantitative estimate of drug-likeness (QED) is 0.748. The summed E-state index contributed by atoms with van der Waals surface area (Å²) in [4.78, 5) is -0.0246. The van der Waals surface area contributed by atoms with E-state index in [0.717, 1.165) is 16.8 Å². The maximum Gasteiger partial charge on any atom is 0.242 e. The van der Waals surface area contributed by atoms with Crippen molar-refractivity contribution in [1.29, 1.82) is 0 Å². The normalized spacial score (nSPS) is 11.8. The van der Waals surface area contributed by atoms with Crippen LogP contribution in [-0.4, -0.2) is 18.6 Å². The number of H-pyrrole nitrogens is 1. The molecular formula is C12H15ClN4O2S. The Morgan fingerprint density at radius 3 is 2.70 bits per heavy atom. The third kappa shape index (κ3) is 2.95. The molecule has 0 fully saturated rings. The average molecular weight is 315 g/mol. The smallest absolute Gasteiger partial charge is 0.242 e. The van der Waals surface area contributed by atoms with Crippen LogP contribution < -0.4 is 10.5 Å². The summed E-state index contributed by atoms with van der Waals surface area (Å²) in [5, 5.41) is 6.72. The van der Waals surface area contributed by atoms with Crippen LogP contribution in [0.3, 0.4) is 0 Å². The number of aromatic amines is 1. The van der Waals surface area contributed by atoms with Crippen LogP contribution in [0.25, 0.3) is 0 Å². The highest BCUT2D eigenvalue weighted by atomic mass is 35.5. The summed E-state index contributed by atoms with van der Waals surface area (Å²) in [5.74, 6) is 0. The van der Waals surface area contributed by atoms with Gasteiger partial charge >= 0.3 is 0 Å². The average Bonchev–Trinajstić information content (AvgIpc) is 2.77. The molecular weight excluding hydrogens is 300 g/mol. The number of nitrogens with one attached hydrogen (secondary N) is 2. The first-order chi connectivity index (χ1) is 9.31. The number of sulfonamides is 1. The molecule has 0 aliphatic rings. The maximum atomic E-state index is 12.2. The second-order valence-electron chi connectivity index (χ2n) is 4.48. The second-order valence-corrected chi connectivity index (χ2v) is 6.63. The molecule has 2 rings (SSSR count). The van der Waals surface area contributed by atoms with Crippen LogP contribution in [0.2, 0.25) is 5.02 Å². The van der Waals surface area contributed by atoms with Gasteiger partial charge in [-0.05, 0) is 31.5 Å². The van der Waals surface area contributed by atoms with Crippen molar-refractivity contribution < 1.29 is 8.42 Å². The molecule has 0 amide bonds. The van der Waals surface area contributed by atoms with Crippen LogP contribution in [0.5, 0.6) is 0 Å². The van der Waals surface area contributed by atoms with Gasteiger partial charge in [0, 0.05) is 23.5 Å². The van der Waals surface area contributed by atoms with Gasteiger partial charge in [-0.1, -0.05) is 11.6 Å². The molecule has 4 N–H and O–H groups in total. The van der Waals surface area contributed by atoms with Gasteiger partial charge in [0.1, 0.15) is 4.90 Å². The van der Waals surface area contributed by atoms with Crippen molar-refractivity contribution >= 4 is 27.3 Å². The predicted molar refractivity (Wildman–Crippen MR) is 78.0 cm³/mol. The molecule has 1 aromatic heterocycles. The highest BCUT2D eigenvalue weighted by Gasteiger charge is 2.19. The van der Waals surface area contributed by atoms with E-state index in [2.05, 4.69) is 14.9 Å². The van der Waals surface area contributed by atoms with Crippen molar-refractivity contribution in [2.45, 2.75) is 25.3 Å². The van der Waals surface area contributed by atoms with Gasteiger partial charge in [0.15, 0.2) is 0 Å². The molecule has 0 aliphatic heterocycles. The molecule has 0 saturated carbocycles. The van der Waals surface area contributed by atoms with Gasteiger partial charge in [-0.25, -0.2) is 13.1 Å². The minimum absolute atomic E-state index is 0.0246. The number of anilines is 1. The maximum absolute atomic E-state index is 12.2. The van der Waals surface area contributed by atoms with Crippen LogP contribution in [0.4, 0.5) is 5.69 Å². The van der Waals surface area contributed by atoms with Gasteiger partial charge in [-0.3, -0.25) is 5.10 Å². The molecule has 1 heterocycles. The number of aromatic nitrogens is 2. The van der Waals surface area contributed by atoms with Crippen LogP contribution >= 0.6 is 11.6 Å². The van der Waals surface area contributed by atoms with E-state index < -0.39 is 10.0 Å². The number of hydrogen-bond donors (Lipinski definition) is 3. The molecule has 0 bridgehead atoms. The fraction of sp³-hybridized carbons (Fsp3) is 0.250. The Bertz CT molecular complexity index is 740. The summed E-state index contributed by atoms with van der Waals surface area (Å²) in [6.45, 7) is 3.71. The minimum Gasteiger partial charge on any atom is -0.398 e. The lowest BCUT2D eigenvalue weighted by atomic mass is 10.2. The number of nitrogens with zero attached hydrogens (tertiary/aromatic N) is 1. The zero-order valence-electron chi connectivity index (χ0n) is 11.1. The topological polar surface area (TPSA) is 101 Å².